The second-order valence-electron chi connectivity index (χ2n) is 4.65. The van der Waals surface area contributed by atoms with Crippen molar-refractivity contribution in [3.8, 4) is 0 Å². The molecule has 0 aliphatic carbocycles. The van der Waals surface area contributed by atoms with Crippen molar-refractivity contribution in [2.75, 3.05) is 7.05 Å². The number of hydrogen-bond acceptors (Lipinski definition) is 2. The second kappa shape index (κ2) is 4.10. The van der Waals surface area contributed by atoms with Gasteiger partial charge in [-0.05, 0) is 54.0 Å². The fourth-order valence-corrected chi connectivity index (χ4v) is 3.02. The Bertz CT molecular complexity index is 738. The van der Waals surface area contributed by atoms with Crippen LogP contribution in [0.15, 0.2) is 16.7 Å². The first-order valence-corrected chi connectivity index (χ1v) is 6.71. The van der Waals surface area contributed by atoms with Crippen LogP contribution in [0.1, 0.15) is 16.8 Å². The molecule has 0 unspecified atom stereocenters. The van der Waals surface area contributed by atoms with Crippen LogP contribution in [0.4, 0.5) is 0 Å². The molecule has 18 heavy (non-hydrogen) atoms. The summed E-state index contributed by atoms with van der Waals surface area (Å²) in [6, 6.07) is 4.33. The third-order valence-corrected chi connectivity index (χ3v) is 3.99. The van der Waals surface area contributed by atoms with E-state index >= 15 is 0 Å². The summed E-state index contributed by atoms with van der Waals surface area (Å²) < 4.78 is 3.17. The molecule has 5 heteroatoms. The number of aromatic nitrogens is 3. The number of nitrogens with one attached hydrogen (secondary N) is 2. The van der Waals surface area contributed by atoms with Crippen molar-refractivity contribution in [1.29, 1.82) is 0 Å². The van der Waals surface area contributed by atoms with Gasteiger partial charge in [-0.2, -0.15) is 0 Å². The van der Waals surface area contributed by atoms with E-state index in [9.17, 15) is 0 Å². The molecule has 0 spiro atoms. The van der Waals surface area contributed by atoms with Gasteiger partial charge in [0.15, 0.2) is 0 Å². The second-order valence-corrected chi connectivity index (χ2v) is 5.40. The smallest absolute Gasteiger partial charge is 0.213 e. The number of halogens is 1. The highest BCUT2D eigenvalue weighted by Crippen LogP contribution is 2.27. The van der Waals surface area contributed by atoms with E-state index in [2.05, 4.69) is 61.6 Å². The number of fused-ring (bicyclic) bond motifs is 3. The summed E-state index contributed by atoms with van der Waals surface area (Å²) in [4.78, 5) is 8.01. The summed E-state index contributed by atoms with van der Waals surface area (Å²) in [5.74, 6) is 0.885. The van der Waals surface area contributed by atoms with Crippen LogP contribution in [0.5, 0.6) is 0 Å². The maximum Gasteiger partial charge on any atom is 0.213 e. The molecule has 0 fully saturated rings. The van der Waals surface area contributed by atoms with Crippen LogP contribution in [-0.2, 0) is 6.54 Å². The zero-order valence-electron chi connectivity index (χ0n) is 10.6. The van der Waals surface area contributed by atoms with Crippen LogP contribution in [0.2, 0.25) is 0 Å². The first kappa shape index (κ1) is 11.7. The van der Waals surface area contributed by atoms with E-state index in [1.54, 1.807) is 0 Å². The maximum absolute atomic E-state index is 4.67. The van der Waals surface area contributed by atoms with Gasteiger partial charge < -0.3 is 10.3 Å². The van der Waals surface area contributed by atoms with E-state index in [0.717, 1.165) is 33.7 Å². The molecule has 94 valence electrons. The third kappa shape index (κ3) is 1.58. The Morgan fingerprint density at radius 3 is 2.89 bits per heavy atom. The van der Waals surface area contributed by atoms with E-state index < -0.39 is 0 Å². The molecule has 1 aromatic carbocycles. The Morgan fingerprint density at radius 1 is 1.39 bits per heavy atom. The molecule has 2 aromatic heterocycles. The van der Waals surface area contributed by atoms with Gasteiger partial charge in [0.25, 0.3) is 0 Å². The molecule has 0 atom stereocenters. The molecule has 0 saturated heterocycles. The van der Waals surface area contributed by atoms with E-state index in [1.165, 1.54) is 11.1 Å². The number of rotatable bonds is 2. The number of aromatic amines is 1. The predicted molar refractivity (Wildman–Crippen MR) is 77.0 cm³/mol. The molecule has 0 aliphatic rings. The number of imidazole rings is 2. The van der Waals surface area contributed by atoms with Crippen LogP contribution in [-0.4, -0.2) is 21.4 Å². The molecule has 3 aromatic rings. The molecule has 0 saturated carbocycles. The molecule has 2 N–H and O–H groups in total. The largest absolute Gasteiger partial charge is 0.325 e. The fourth-order valence-electron chi connectivity index (χ4n) is 2.42. The number of H-pyrrole nitrogens is 1. The molecular weight excluding hydrogens is 292 g/mol. The molecule has 2 heterocycles. The standard InChI is InChI=1S/C13H15BrN4/c1-7-4-8(2)11-10(5-7)18-12(14)9(6-15-3)16-13(18)17-11/h4-5,15H,6H2,1-3H3,(H,16,17). The van der Waals surface area contributed by atoms with E-state index in [1.807, 2.05) is 7.05 Å². The van der Waals surface area contributed by atoms with Crippen LogP contribution in [0, 0.1) is 13.8 Å². The summed E-state index contributed by atoms with van der Waals surface area (Å²) in [5.41, 5.74) is 5.78. The Morgan fingerprint density at radius 2 is 2.17 bits per heavy atom. The van der Waals surface area contributed by atoms with Crippen molar-refractivity contribution in [2.24, 2.45) is 0 Å². The normalized spacial score (nSPS) is 11.8. The summed E-state index contributed by atoms with van der Waals surface area (Å²) in [5, 5.41) is 3.14. The average molecular weight is 307 g/mol. The topological polar surface area (TPSA) is 45.1 Å². The van der Waals surface area contributed by atoms with Gasteiger partial charge in [-0.1, -0.05) is 6.07 Å². The summed E-state index contributed by atoms with van der Waals surface area (Å²) >= 11 is 3.65. The molecule has 0 amide bonds. The summed E-state index contributed by atoms with van der Waals surface area (Å²) in [6.07, 6.45) is 0. The van der Waals surface area contributed by atoms with Crippen LogP contribution < -0.4 is 5.32 Å². The van der Waals surface area contributed by atoms with Gasteiger partial charge in [0.1, 0.15) is 4.60 Å². The van der Waals surface area contributed by atoms with E-state index in [-0.39, 0.29) is 0 Å². The van der Waals surface area contributed by atoms with Crippen molar-refractivity contribution in [1.82, 2.24) is 19.7 Å². The zero-order valence-corrected chi connectivity index (χ0v) is 12.2. The number of nitrogens with zero attached hydrogens (tertiary/aromatic N) is 2. The van der Waals surface area contributed by atoms with Crippen molar-refractivity contribution in [3.05, 3.63) is 33.6 Å². The van der Waals surface area contributed by atoms with Gasteiger partial charge in [0, 0.05) is 6.54 Å². The average Bonchev–Trinajstić information content (AvgIpc) is 2.79. The van der Waals surface area contributed by atoms with Gasteiger partial charge in [0.2, 0.25) is 5.78 Å². The molecule has 0 bridgehead atoms. The minimum absolute atomic E-state index is 0.788. The van der Waals surface area contributed by atoms with E-state index in [0.29, 0.717) is 0 Å². The number of aryl methyl sites for hydroxylation is 2. The van der Waals surface area contributed by atoms with Crippen molar-refractivity contribution >= 4 is 32.7 Å². The quantitative estimate of drug-likeness (QED) is 0.764. The molecule has 4 nitrogen and oxygen atoms in total. The Balaban J connectivity index is 2.40. The van der Waals surface area contributed by atoms with Crippen molar-refractivity contribution in [2.45, 2.75) is 20.4 Å². The monoisotopic (exact) mass is 306 g/mol. The van der Waals surface area contributed by atoms with Crippen LogP contribution in [0.3, 0.4) is 0 Å². The zero-order chi connectivity index (χ0) is 12.9. The van der Waals surface area contributed by atoms with Gasteiger partial charge in [-0.3, -0.25) is 4.40 Å². The number of benzene rings is 1. The van der Waals surface area contributed by atoms with Crippen LogP contribution in [0.25, 0.3) is 16.8 Å². The van der Waals surface area contributed by atoms with Gasteiger partial charge in [0.05, 0.1) is 16.7 Å². The first-order chi connectivity index (χ1) is 8.61. The first-order valence-electron chi connectivity index (χ1n) is 5.92. The number of hydrogen-bond donors (Lipinski definition) is 2. The van der Waals surface area contributed by atoms with Crippen LogP contribution >= 0.6 is 15.9 Å². The van der Waals surface area contributed by atoms with Gasteiger partial charge >= 0.3 is 0 Å². The molecule has 0 aliphatic heterocycles. The fraction of sp³-hybridized carbons (Fsp3) is 0.308. The lowest BCUT2D eigenvalue weighted by atomic mass is 10.1. The summed E-state index contributed by atoms with van der Waals surface area (Å²) in [6.45, 7) is 5.00. The molecule has 3 rings (SSSR count). The Hall–Kier alpha value is -1.33. The highest BCUT2D eigenvalue weighted by atomic mass is 79.9. The molecule has 0 radical (unpaired) electrons. The lowest BCUT2D eigenvalue weighted by Gasteiger charge is -2.00. The third-order valence-electron chi connectivity index (χ3n) is 3.16. The Kier molecular flexibility index (Phi) is 2.68. The Labute approximate surface area is 114 Å². The summed E-state index contributed by atoms with van der Waals surface area (Å²) in [7, 11) is 1.93. The lowest BCUT2D eigenvalue weighted by Crippen LogP contribution is -2.05. The lowest BCUT2D eigenvalue weighted by molar-refractivity contribution is 0.793. The minimum atomic E-state index is 0.788. The SMILES string of the molecule is CNCc1[nH]c2nc3c(C)cc(C)cc3n2c1Br. The highest BCUT2D eigenvalue weighted by Gasteiger charge is 2.14. The van der Waals surface area contributed by atoms with Gasteiger partial charge in [-0.25, -0.2) is 4.98 Å². The van der Waals surface area contributed by atoms with Crippen molar-refractivity contribution < 1.29 is 0 Å². The minimum Gasteiger partial charge on any atom is -0.325 e. The molecular formula is C13H15BrN4. The maximum atomic E-state index is 4.67. The highest BCUT2D eigenvalue weighted by molar-refractivity contribution is 9.10. The van der Waals surface area contributed by atoms with E-state index in [4.69, 9.17) is 0 Å². The predicted octanol–water partition coefficient (Wildman–Crippen LogP) is 2.91. The van der Waals surface area contributed by atoms with Gasteiger partial charge in [-0.15, -0.1) is 0 Å². The van der Waals surface area contributed by atoms with Crippen molar-refractivity contribution in [3.63, 3.8) is 0 Å².